The van der Waals surface area contributed by atoms with Gasteiger partial charge in [0.15, 0.2) is 0 Å². The minimum Gasteiger partial charge on any atom is -0.395 e. The molecule has 0 unspecified atom stereocenters. The van der Waals surface area contributed by atoms with Crippen molar-refractivity contribution < 1.29 is 5.11 Å². The summed E-state index contributed by atoms with van der Waals surface area (Å²) in [5.74, 6) is 0. The van der Waals surface area contributed by atoms with E-state index in [0.29, 0.717) is 6.54 Å². The normalized spacial score (nSPS) is 17.3. The van der Waals surface area contributed by atoms with Crippen molar-refractivity contribution in [3.8, 4) is 0 Å². The topological polar surface area (TPSA) is 65.6 Å². The predicted octanol–water partition coefficient (Wildman–Crippen LogP) is 0.662. The third-order valence-electron chi connectivity index (χ3n) is 3.99. The standard InChI is InChI=1S/C15H26N4O/c1-12-10-15(14(11-16)13(2)17-12)19-5-3-4-18(6-7-19)8-9-20/h10,20H,3-9,11,16H2,1-2H3. The van der Waals surface area contributed by atoms with E-state index in [9.17, 15) is 0 Å². The van der Waals surface area contributed by atoms with Gasteiger partial charge in [-0.3, -0.25) is 9.88 Å². The van der Waals surface area contributed by atoms with E-state index in [2.05, 4.69) is 20.9 Å². The Labute approximate surface area is 121 Å². The molecule has 5 heteroatoms. The summed E-state index contributed by atoms with van der Waals surface area (Å²) in [5.41, 5.74) is 10.4. The van der Waals surface area contributed by atoms with E-state index in [1.807, 2.05) is 13.8 Å². The second-order valence-electron chi connectivity index (χ2n) is 5.46. The molecular formula is C15H26N4O. The average molecular weight is 278 g/mol. The number of nitrogens with two attached hydrogens (primary N) is 1. The van der Waals surface area contributed by atoms with E-state index < -0.39 is 0 Å². The molecule has 112 valence electrons. The van der Waals surface area contributed by atoms with Crippen LogP contribution in [0.3, 0.4) is 0 Å². The molecular weight excluding hydrogens is 252 g/mol. The first-order chi connectivity index (χ1) is 9.65. The number of pyridine rings is 1. The van der Waals surface area contributed by atoms with Gasteiger partial charge in [-0.05, 0) is 32.9 Å². The molecule has 1 aromatic rings. The van der Waals surface area contributed by atoms with Crippen LogP contribution in [-0.2, 0) is 6.54 Å². The number of aliphatic hydroxyl groups is 1. The molecule has 0 radical (unpaired) electrons. The van der Waals surface area contributed by atoms with Crippen molar-refractivity contribution in [2.45, 2.75) is 26.8 Å². The second kappa shape index (κ2) is 7.02. The molecule has 0 aliphatic carbocycles. The minimum absolute atomic E-state index is 0.238. The van der Waals surface area contributed by atoms with Crippen molar-refractivity contribution in [2.75, 3.05) is 44.2 Å². The van der Waals surface area contributed by atoms with Crippen molar-refractivity contribution in [1.82, 2.24) is 9.88 Å². The summed E-state index contributed by atoms with van der Waals surface area (Å²) in [4.78, 5) is 9.26. The number of nitrogens with zero attached hydrogens (tertiary/aromatic N) is 3. The average Bonchev–Trinajstić information content (AvgIpc) is 2.64. The largest absolute Gasteiger partial charge is 0.395 e. The number of β-amino-alcohol motifs (C(OH)–C–C–N with tert-alkyl or cyclic N) is 1. The van der Waals surface area contributed by atoms with Crippen LogP contribution < -0.4 is 10.6 Å². The first kappa shape index (κ1) is 15.2. The quantitative estimate of drug-likeness (QED) is 0.847. The fraction of sp³-hybridized carbons (Fsp3) is 0.667. The molecule has 0 saturated carbocycles. The van der Waals surface area contributed by atoms with Crippen LogP contribution in [-0.4, -0.2) is 54.3 Å². The van der Waals surface area contributed by atoms with Gasteiger partial charge in [0.05, 0.1) is 6.61 Å². The molecule has 1 saturated heterocycles. The molecule has 1 aliphatic rings. The van der Waals surface area contributed by atoms with E-state index in [0.717, 1.165) is 56.1 Å². The third kappa shape index (κ3) is 3.48. The number of rotatable bonds is 4. The fourth-order valence-corrected chi connectivity index (χ4v) is 2.95. The summed E-state index contributed by atoms with van der Waals surface area (Å²) in [6.45, 7) is 9.68. The first-order valence-electron chi connectivity index (χ1n) is 7.41. The zero-order valence-electron chi connectivity index (χ0n) is 12.6. The number of aryl methyl sites for hydroxylation is 2. The highest BCUT2D eigenvalue weighted by atomic mass is 16.3. The lowest BCUT2D eigenvalue weighted by atomic mass is 10.1. The summed E-state index contributed by atoms with van der Waals surface area (Å²) in [6.07, 6.45) is 1.12. The van der Waals surface area contributed by atoms with Gasteiger partial charge >= 0.3 is 0 Å². The number of aliphatic hydroxyl groups excluding tert-OH is 1. The van der Waals surface area contributed by atoms with Gasteiger partial charge in [-0.2, -0.15) is 0 Å². The molecule has 1 fully saturated rings. The molecule has 2 rings (SSSR count). The van der Waals surface area contributed by atoms with Gasteiger partial charge in [0.25, 0.3) is 0 Å². The molecule has 0 atom stereocenters. The minimum atomic E-state index is 0.238. The van der Waals surface area contributed by atoms with Gasteiger partial charge in [0.2, 0.25) is 0 Å². The lowest BCUT2D eigenvalue weighted by molar-refractivity contribution is 0.204. The summed E-state index contributed by atoms with van der Waals surface area (Å²) in [5, 5.41) is 9.07. The highest BCUT2D eigenvalue weighted by Crippen LogP contribution is 2.24. The number of hydrogen-bond donors (Lipinski definition) is 2. The van der Waals surface area contributed by atoms with Crippen molar-refractivity contribution in [2.24, 2.45) is 5.73 Å². The maximum Gasteiger partial charge on any atom is 0.0558 e. The number of anilines is 1. The molecule has 0 aromatic carbocycles. The summed E-state index contributed by atoms with van der Waals surface area (Å²) >= 11 is 0. The van der Waals surface area contributed by atoms with E-state index in [1.165, 1.54) is 5.69 Å². The van der Waals surface area contributed by atoms with Crippen LogP contribution in [0, 0.1) is 13.8 Å². The van der Waals surface area contributed by atoms with Crippen molar-refractivity contribution >= 4 is 5.69 Å². The maximum absolute atomic E-state index is 9.07. The van der Waals surface area contributed by atoms with Crippen LogP contribution in [0.2, 0.25) is 0 Å². The summed E-state index contributed by atoms with van der Waals surface area (Å²) in [7, 11) is 0. The Balaban J connectivity index is 2.19. The van der Waals surface area contributed by atoms with E-state index in [1.54, 1.807) is 0 Å². The molecule has 2 heterocycles. The van der Waals surface area contributed by atoms with Crippen LogP contribution in [0.1, 0.15) is 23.4 Å². The summed E-state index contributed by atoms with van der Waals surface area (Å²) in [6, 6.07) is 2.15. The Morgan fingerprint density at radius 2 is 2.05 bits per heavy atom. The smallest absolute Gasteiger partial charge is 0.0558 e. The maximum atomic E-state index is 9.07. The van der Waals surface area contributed by atoms with Gasteiger partial charge < -0.3 is 15.7 Å². The fourth-order valence-electron chi connectivity index (χ4n) is 2.95. The Bertz CT molecular complexity index is 450. The Kier molecular flexibility index (Phi) is 5.34. The Hall–Kier alpha value is -1.17. The monoisotopic (exact) mass is 278 g/mol. The zero-order chi connectivity index (χ0) is 14.5. The molecule has 1 aliphatic heterocycles. The highest BCUT2D eigenvalue weighted by molar-refractivity contribution is 5.56. The van der Waals surface area contributed by atoms with Crippen molar-refractivity contribution in [1.29, 1.82) is 0 Å². The van der Waals surface area contributed by atoms with Crippen LogP contribution in [0.4, 0.5) is 5.69 Å². The lowest BCUT2D eigenvalue weighted by Crippen LogP contribution is -2.33. The highest BCUT2D eigenvalue weighted by Gasteiger charge is 2.18. The van der Waals surface area contributed by atoms with Crippen LogP contribution >= 0.6 is 0 Å². The Morgan fingerprint density at radius 1 is 1.25 bits per heavy atom. The predicted molar refractivity (Wildman–Crippen MR) is 82.0 cm³/mol. The van der Waals surface area contributed by atoms with Crippen LogP contribution in [0.25, 0.3) is 0 Å². The second-order valence-corrected chi connectivity index (χ2v) is 5.46. The molecule has 1 aromatic heterocycles. The first-order valence-corrected chi connectivity index (χ1v) is 7.41. The van der Waals surface area contributed by atoms with Gasteiger partial charge in [-0.25, -0.2) is 0 Å². The molecule has 0 spiro atoms. The number of aromatic nitrogens is 1. The van der Waals surface area contributed by atoms with Crippen molar-refractivity contribution in [3.05, 3.63) is 23.0 Å². The van der Waals surface area contributed by atoms with Crippen LogP contribution in [0.15, 0.2) is 6.07 Å². The molecule has 0 amide bonds. The van der Waals surface area contributed by atoms with Crippen LogP contribution in [0.5, 0.6) is 0 Å². The molecule has 0 bridgehead atoms. The third-order valence-corrected chi connectivity index (χ3v) is 3.99. The van der Waals surface area contributed by atoms with E-state index in [4.69, 9.17) is 10.8 Å². The van der Waals surface area contributed by atoms with Gasteiger partial charge in [-0.1, -0.05) is 0 Å². The zero-order valence-corrected chi connectivity index (χ0v) is 12.6. The van der Waals surface area contributed by atoms with Crippen molar-refractivity contribution in [3.63, 3.8) is 0 Å². The Morgan fingerprint density at radius 3 is 2.75 bits per heavy atom. The van der Waals surface area contributed by atoms with Gasteiger partial charge in [0, 0.05) is 55.4 Å². The lowest BCUT2D eigenvalue weighted by Gasteiger charge is -2.26. The van der Waals surface area contributed by atoms with E-state index >= 15 is 0 Å². The van der Waals surface area contributed by atoms with Gasteiger partial charge in [-0.15, -0.1) is 0 Å². The molecule has 20 heavy (non-hydrogen) atoms. The van der Waals surface area contributed by atoms with Gasteiger partial charge in [0.1, 0.15) is 0 Å². The van der Waals surface area contributed by atoms with E-state index in [-0.39, 0.29) is 6.61 Å². The molecule has 3 N–H and O–H groups in total. The summed E-state index contributed by atoms with van der Waals surface area (Å²) < 4.78 is 0. The SMILES string of the molecule is Cc1cc(N2CCCN(CCO)CC2)c(CN)c(C)n1. The molecule has 5 nitrogen and oxygen atoms in total. The number of hydrogen-bond acceptors (Lipinski definition) is 5.